The normalized spacial score (nSPS) is 14.5. The number of hydrogen-bond donors (Lipinski definition) is 1. The molecular weight excluding hydrogens is 183 g/mol. The second-order valence-electron chi connectivity index (χ2n) is 2.88. The number of methoxy groups -OCH3 is 1. The van der Waals surface area contributed by atoms with E-state index >= 15 is 0 Å². The molecule has 1 N–H and O–H groups in total. The lowest BCUT2D eigenvalue weighted by Crippen LogP contribution is -2.34. The van der Waals surface area contributed by atoms with Crippen molar-refractivity contribution in [1.29, 1.82) is 0 Å². The molecule has 0 saturated heterocycles. The standard InChI is InChI=1S/C8H16F3NO/c1-3-7(6-13-2)12-5-4-8(9,10)11/h7,12H,3-6H2,1-2H3. The molecule has 0 rings (SSSR count). The predicted molar refractivity (Wildman–Crippen MR) is 44.6 cm³/mol. The molecule has 0 aliphatic carbocycles. The molecule has 1 atom stereocenters. The summed E-state index contributed by atoms with van der Waals surface area (Å²) >= 11 is 0. The minimum absolute atomic E-state index is 0.0207. The van der Waals surface area contributed by atoms with Crippen molar-refractivity contribution < 1.29 is 17.9 Å². The highest BCUT2D eigenvalue weighted by molar-refractivity contribution is 4.64. The molecule has 0 aliphatic heterocycles. The predicted octanol–water partition coefficient (Wildman–Crippen LogP) is 1.95. The van der Waals surface area contributed by atoms with E-state index in [0.29, 0.717) is 6.61 Å². The highest BCUT2D eigenvalue weighted by atomic mass is 19.4. The number of hydrogen-bond acceptors (Lipinski definition) is 2. The minimum Gasteiger partial charge on any atom is -0.383 e. The lowest BCUT2D eigenvalue weighted by Gasteiger charge is -2.16. The van der Waals surface area contributed by atoms with Gasteiger partial charge in [-0.05, 0) is 6.42 Å². The van der Waals surface area contributed by atoms with Crippen LogP contribution in [0.4, 0.5) is 13.2 Å². The smallest absolute Gasteiger partial charge is 0.383 e. The second-order valence-corrected chi connectivity index (χ2v) is 2.88. The van der Waals surface area contributed by atoms with E-state index in [0.717, 1.165) is 6.42 Å². The number of rotatable bonds is 6. The molecule has 80 valence electrons. The van der Waals surface area contributed by atoms with E-state index in [1.54, 1.807) is 0 Å². The van der Waals surface area contributed by atoms with Crippen LogP contribution in [0.25, 0.3) is 0 Å². The summed E-state index contributed by atoms with van der Waals surface area (Å²) < 4.78 is 40.0. The van der Waals surface area contributed by atoms with Crippen molar-refractivity contribution in [1.82, 2.24) is 5.32 Å². The molecule has 0 amide bonds. The van der Waals surface area contributed by atoms with Gasteiger partial charge in [0, 0.05) is 19.7 Å². The molecule has 2 nitrogen and oxygen atoms in total. The van der Waals surface area contributed by atoms with E-state index < -0.39 is 12.6 Å². The minimum atomic E-state index is -4.07. The van der Waals surface area contributed by atoms with Gasteiger partial charge in [0.1, 0.15) is 0 Å². The Hall–Kier alpha value is -0.290. The van der Waals surface area contributed by atoms with Crippen LogP contribution in [0, 0.1) is 0 Å². The summed E-state index contributed by atoms with van der Waals surface area (Å²) in [5.74, 6) is 0. The van der Waals surface area contributed by atoms with Gasteiger partial charge in [-0.1, -0.05) is 6.92 Å². The Labute approximate surface area is 76.5 Å². The van der Waals surface area contributed by atoms with Crippen LogP contribution in [0.5, 0.6) is 0 Å². The maximum Gasteiger partial charge on any atom is 0.390 e. The first-order valence-corrected chi connectivity index (χ1v) is 4.28. The summed E-state index contributed by atoms with van der Waals surface area (Å²) in [7, 11) is 1.54. The van der Waals surface area contributed by atoms with Gasteiger partial charge in [-0.25, -0.2) is 0 Å². The average Bonchev–Trinajstić information content (AvgIpc) is 2.01. The Morgan fingerprint density at radius 1 is 1.38 bits per heavy atom. The van der Waals surface area contributed by atoms with Crippen LogP contribution < -0.4 is 5.32 Å². The maximum absolute atomic E-state index is 11.7. The molecule has 0 radical (unpaired) electrons. The lowest BCUT2D eigenvalue weighted by atomic mass is 10.2. The summed E-state index contributed by atoms with van der Waals surface area (Å²) in [4.78, 5) is 0. The molecule has 1 unspecified atom stereocenters. The molecular formula is C8H16F3NO. The summed E-state index contributed by atoms with van der Waals surface area (Å²) in [5.41, 5.74) is 0. The van der Waals surface area contributed by atoms with Gasteiger partial charge in [0.05, 0.1) is 13.0 Å². The van der Waals surface area contributed by atoms with Crippen LogP contribution in [-0.2, 0) is 4.74 Å². The van der Waals surface area contributed by atoms with Crippen molar-refractivity contribution in [2.75, 3.05) is 20.3 Å². The first-order valence-electron chi connectivity index (χ1n) is 4.28. The molecule has 0 aromatic rings. The molecule has 13 heavy (non-hydrogen) atoms. The van der Waals surface area contributed by atoms with E-state index in [2.05, 4.69) is 5.32 Å². The molecule has 0 heterocycles. The summed E-state index contributed by atoms with van der Waals surface area (Å²) in [6.07, 6.45) is -4.09. The highest BCUT2D eigenvalue weighted by Crippen LogP contribution is 2.18. The first kappa shape index (κ1) is 12.7. The van der Waals surface area contributed by atoms with Gasteiger partial charge in [0.2, 0.25) is 0 Å². The molecule has 0 aromatic carbocycles. The van der Waals surface area contributed by atoms with Gasteiger partial charge in [-0.3, -0.25) is 0 Å². The highest BCUT2D eigenvalue weighted by Gasteiger charge is 2.26. The number of alkyl halides is 3. The van der Waals surface area contributed by atoms with Gasteiger partial charge in [0.25, 0.3) is 0 Å². The Morgan fingerprint density at radius 3 is 2.38 bits per heavy atom. The molecule has 0 spiro atoms. The fraction of sp³-hybridized carbons (Fsp3) is 1.00. The first-order chi connectivity index (χ1) is 5.99. The molecule has 0 saturated carbocycles. The third-order valence-corrected chi connectivity index (χ3v) is 1.70. The van der Waals surface area contributed by atoms with Crippen LogP contribution in [0.3, 0.4) is 0 Å². The fourth-order valence-corrected chi connectivity index (χ4v) is 0.940. The zero-order valence-electron chi connectivity index (χ0n) is 7.95. The van der Waals surface area contributed by atoms with E-state index in [9.17, 15) is 13.2 Å². The van der Waals surface area contributed by atoms with E-state index in [-0.39, 0.29) is 12.6 Å². The molecule has 0 aliphatic rings. The van der Waals surface area contributed by atoms with Gasteiger partial charge < -0.3 is 10.1 Å². The van der Waals surface area contributed by atoms with E-state index in [1.807, 2.05) is 6.92 Å². The van der Waals surface area contributed by atoms with E-state index in [4.69, 9.17) is 4.74 Å². The average molecular weight is 199 g/mol. The molecule has 0 bridgehead atoms. The second kappa shape index (κ2) is 6.21. The van der Waals surface area contributed by atoms with Crippen molar-refractivity contribution in [3.05, 3.63) is 0 Å². The van der Waals surface area contributed by atoms with Crippen molar-refractivity contribution in [2.45, 2.75) is 32.0 Å². The summed E-state index contributed by atoms with van der Waals surface area (Å²) in [6.45, 7) is 2.32. The van der Waals surface area contributed by atoms with E-state index in [1.165, 1.54) is 7.11 Å². The largest absolute Gasteiger partial charge is 0.390 e. The number of ether oxygens (including phenoxy) is 1. The van der Waals surface area contributed by atoms with Gasteiger partial charge in [-0.15, -0.1) is 0 Å². The Bertz CT molecular complexity index is 127. The maximum atomic E-state index is 11.7. The summed E-state index contributed by atoms with van der Waals surface area (Å²) in [5, 5.41) is 2.78. The van der Waals surface area contributed by atoms with Crippen LogP contribution in [0.1, 0.15) is 19.8 Å². The fourth-order valence-electron chi connectivity index (χ4n) is 0.940. The van der Waals surface area contributed by atoms with Gasteiger partial charge in [0.15, 0.2) is 0 Å². The lowest BCUT2D eigenvalue weighted by molar-refractivity contribution is -0.133. The molecule has 5 heteroatoms. The number of nitrogens with one attached hydrogen (secondary N) is 1. The van der Waals surface area contributed by atoms with Gasteiger partial charge in [-0.2, -0.15) is 13.2 Å². The SMILES string of the molecule is CCC(COC)NCCC(F)(F)F. The van der Waals surface area contributed by atoms with Crippen molar-refractivity contribution in [3.63, 3.8) is 0 Å². The zero-order chi connectivity index (χ0) is 10.3. The topological polar surface area (TPSA) is 21.3 Å². The quantitative estimate of drug-likeness (QED) is 0.706. The Morgan fingerprint density at radius 2 is 2.00 bits per heavy atom. The summed E-state index contributed by atoms with van der Waals surface area (Å²) in [6, 6.07) is 0.0207. The van der Waals surface area contributed by atoms with Crippen LogP contribution in [-0.4, -0.2) is 32.5 Å². The third kappa shape index (κ3) is 8.05. The monoisotopic (exact) mass is 199 g/mol. The van der Waals surface area contributed by atoms with Crippen molar-refractivity contribution >= 4 is 0 Å². The third-order valence-electron chi connectivity index (χ3n) is 1.70. The zero-order valence-corrected chi connectivity index (χ0v) is 7.95. The Kier molecular flexibility index (Phi) is 6.07. The van der Waals surface area contributed by atoms with Crippen molar-refractivity contribution in [3.8, 4) is 0 Å². The molecule has 0 fully saturated rings. The number of halogens is 3. The van der Waals surface area contributed by atoms with Crippen LogP contribution >= 0.6 is 0 Å². The van der Waals surface area contributed by atoms with Gasteiger partial charge >= 0.3 is 6.18 Å². The molecule has 0 aromatic heterocycles. The van der Waals surface area contributed by atoms with Crippen molar-refractivity contribution in [2.24, 2.45) is 0 Å². The Balaban J connectivity index is 3.49. The van der Waals surface area contributed by atoms with Crippen LogP contribution in [0.15, 0.2) is 0 Å². The van der Waals surface area contributed by atoms with Crippen LogP contribution in [0.2, 0.25) is 0 Å².